The Morgan fingerprint density at radius 1 is 0.923 bits per heavy atom. The van der Waals surface area contributed by atoms with Crippen molar-refractivity contribution in [2.45, 2.75) is 0 Å². The van der Waals surface area contributed by atoms with E-state index in [4.69, 9.17) is 18.9 Å². The van der Waals surface area contributed by atoms with Crippen LogP contribution in [0.1, 0.15) is 15.9 Å². The lowest BCUT2D eigenvalue weighted by molar-refractivity contribution is 0.104. The summed E-state index contributed by atoms with van der Waals surface area (Å²) in [5.41, 5.74) is 1.78. The van der Waals surface area contributed by atoms with E-state index >= 15 is 0 Å². The van der Waals surface area contributed by atoms with Gasteiger partial charge in [0.15, 0.2) is 17.3 Å². The number of H-pyrrole nitrogens is 1. The van der Waals surface area contributed by atoms with Crippen LogP contribution in [-0.2, 0) is 0 Å². The molecule has 0 aliphatic carbocycles. The predicted octanol–water partition coefficient (Wildman–Crippen LogP) is 4.04. The molecule has 0 saturated carbocycles. The summed E-state index contributed by atoms with van der Waals surface area (Å²) in [4.78, 5) is 16.2. The maximum Gasteiger partial charge on any atom is 0.205 e. The molecule has 0 atom stereocenters. The molecule has 0 aliphatic rings. The molecule has 3 aromatic rings. The summed E-state index contributed by atoms with van der Waals surface area (Å²) in [5, 5.41) is 0.704. The SMILES string of the molecule is COc1ccc(C(=O)c2c[nH]c3c(OC)c(OC)c(OC)cc23)cc1I. The monoisotopic (exact) mass is 467 g/mol. The van der Waals surface area contributed by atoms with E-state index in [1.165, 1.54) is 0 Å². The molecular formula is C19H18INO5. The zero-order chi connectivity index (χ0) is 18.8. The van der Waals surface area contributed by atoms with Crippen LogP contribution < -0.4 is 18.9 Å². The summed E-state index contributed by atoms with van der Waals surface area (Å²) in [6, 6.07) is 7.11. The first-order valence-corrected chi connectivity index (χ1v) is 8.81. The van der Waals surface area contributed by atoms with E-state index in [1.54, 1.807) is 58.9 Å². The van der Waals surface area contributed by atoms with Gasteiger partial charge < -0.3 is 23.9 Å². The first-order valence-electron chi connectivity index (χ1n) is 7.74. The Bertz CT molecular complexity index is 980. The van der Waals surface area contributed by atoms with Crippen LogP contribution >= 0.6 is 22.6 Å². The predicted molar refractivity (Wildman–Crippen MR) is 107 cm³/mol. The molecule has 0 fully saturated rings. The zero-order valence-corrected chi connectivity index (χ0v) is 17.0. The average Bonchev–Trinajstić information content (AvgIpc) is 3.09. The lowest BCUT2D eigenvalue weighted by atomic mass is 10.0. The molecule has 0 radical (unpaired) electrons. The molecule has 7 heteroatoms. The summed E-state index contributed by atoms with van der Waals surface area (Å²) in [5.74, 6) is 2.09. The number of carbonyl (C=O) groups excluding carboxylic acids is 1. The molecule has 0 bridgehead atoms. The molecule has 1 N–H and O–H groups in total. The van der Waals surface area contributed by atoms with E-state index in [1.807, 2.05) is 0 Å². The van der Waals surface area contributed by atoms with Crippen LogP contribution in [0.15, 0.2) is 30.5 Å². The number of aromatic amines is 1. The first-order chi connectivity index (χ1) is 12.5. The van der Waals surface area contributed by atoms with Gasteiger partial charge in [0, 0.05) is 22.7 Å². The number of ether oxygens (including phenoxy) is 4. The molecule has 6 nitrogen and oxygen atoms in total. The van der Waals surface area contributed by atoms with Gasteiger partial charge in [0.2, 0.25) is 5.75 Å². The van der Waals surface area contributed by atoms with Crippen LogP contribution in [-0.4, -0.2) is 39.2 Å². The third kappa shape index (κ3) is 2.96. The summed E-state index contributed by atoms with van der Waals surface area (Å²) < 4.78 is 22.4. The molecule has 3 rings (SSSR count). The van der Waals surface area contributed by atoms with Crippen molar-refractivity contribution in [3.63, 3.8) is 0 Å². The van der Waals surface area contributed by atoms with Crippen LogP contribution in [0, 0.1) is 3.57 Å². The topological polar surface area (TPSA) is 69.8 Å². The van der Waals surface area contributed by atoms with Gasteiger partial charge in [0.05, 0.1) is 37.5 Å². The van der Waals surface area contributed by atoms with Gasteiger partial charge in [-0.25, -0.2) is 0 Å². The van der Waals surface area contributed by atoms with Crippen molar-refractivity contribution in [3.05, 3.63) is 45.2 Å². The Labute approximate surface area is 164 Å². The minimum atomic E-state index is -0.105. The van der Waals surface area contributed by atoms with Crippen molar-refractivity contribution in [1.29, 1.82) is 0 Å². The highest BCUT2D eigenvalue weighted by Gasteiger charge is 2.22. The van der Waals surface area contributed by atoms with Gasteiger partial charge in [-0.2, -0.15) is 0 Å². The number of hydrogen-bond acceptors (Lipinski definition) is 5. The third-order valence-electron chi connectivity index (χ3n) is 4.14. The Kier molecular flexibility index (Phi) is 5.26. The Hall–Kier alpha value is -2.42. The lowest BCUT2D eigenvalue weighted by Crippen LogP contribution is -2.02. The van der Waals surface area contributed by atoms with E-state index in [2.05, 4.69) is 27.6 Å². The van der Waals surface area contributed by atoms with Gasteiger partial charge in [-0.1, -0.05) is 0 Å². The highest BCUT2D eigenvalue weighted by atomic mass is 127. The number of rotatable bonds is 6. The van der Waals surface area contributed by atoms with E-state index in [0.29, 0.717) is 39.3 Å². The fourth-order valence-electron chi connectivity index (χ4n) is 2.89. The fraction of sp³-hybridized carbons (Fsp3) is 0.211. The summed E-state index contributed by atoms with van der Waals surface area (Å²) in [7, 11) is 6.24. The number of fused-ring (bicyclic) bond motifs is 1. The molecule has 2 aromatic carbocycles. The first kappa shape index (κ1) is 18.4. The smallest absolute Gasteiger partial charge is 0.205 e. The highest BCUT2D eigenvalue weighted by molar-refractivity contribution is 14.1. The molecule has 0 spiro atoms. The van der Waals surface area contributed by atoms with Gasteiger partial charge in [0.1, 0.15) is 5.75 Å². The standard InChI is InChI=1S/C19H18INO5/c1-23-14-6-5-10(7-13(14)20)17(22)12-9-21-16-11(12)8-15(24-2)18(25-3)19(16)26-4/h5-9,21H,1-4H3. The summed E-state index contributed by atoms with van der Waals surface area (Å²) in [6.07, 6.45) is 1.67. The van der Waals surface area contributed by atoms with Crippen molar-refractivity contribution in [3.8, 4) is 23.0 Å². The molecule has 0 saturated heterocycles. The molecule has 0 unspecified atom stereocenters. The summed E-state index contributed by atoms with van der Waals surface area (Å²) in [6.45, 7) is 0. The van der Waals surface area contributed by atoms with Crippen LogP contribution in [0.4, 0.5) is 0 Å². The van der Waals surface area contributed by atoms with Gasteiger partial charge >= 0.3 is 0 Å². The van der Waals surface area contributed by atoms with Crippen LogP contribution in [0.2, 0.25) is 0 Å². The van der Waals surface area contributed by atoms with Gasteiger partial charge in [-0.05, 0) is 46.9 Å². The van der Waals surface area contributed by atoms with Crippen molar-refractivity contribution >= 4 is 39.3 Å². The Morgan fingerprint density at radius 3 is 2.19 bits per heavy atom. The number of aromatic nitrogens is 1. The van der Waals surface area contributed by atoms with Crippen molar-refractivity contribution in [2.75, 3.05) is 28.4 Å². The molecule has 0 aliphatic heterocycles. The second-order valence-corrected chi connectivity index (χ2v) is 6.61. The maximum atomic E-state index is 13.0. The third-order valence-corrected chi connectivity index (χ3v) is 4.98. The summed E-state index contributed by atoms with van der Waals surface area (Å²) >= 11 is 2.15. The van der Waals surface area contributed by atoms with Crippen LogP contribution in [0.5, 0.6) is 23.0 Å². The largest absolute Gasteiger partial charge is 0.496 e. The van der Waals surface area contributed by atoms with E-state index in [-0.39, 0.29) is 5.78 Å². The second kappa shape index (κ2) is 7.45. The fourth-order valence-corrected chi connectivity index (χ4v) is 3.62. The molecule has 1 heterocycles. The van der Waals surface area contributed by atoms with Gasteiger partial charge in [0.25, 0.3) is 0 Å². The van der Waals surface area contributed by atoms with Crippen molar-refractivity contribution in [1.82, 2.24) is 4.98 Å². The van der Waals surface area contributed by atoms with E-state index in [9.17, 15) is 4.79 Å². The van der Waals surface area contributed by atoms with Gasteiger partial charge in [-0.15, -0.1) is 0 Å². The number of nitrogens with one attached hydrogen (secondary N) is 1. The number of benzene rings is 2. The number of carbonyl (C=O) groups is 1. The molecule has 136 valence electrons. The Balaban J connectivity index is 2.17. The lowest BCUT2D eigenvalue weighted by Gasteiger charge is -2.13. The molecule has 1 aromatic heterocycles. The minimum Gasteiger partial charge on any atom is -0.496 e. The number of ketones is 1. The maximum absolute atomic E-state index is 13.0. The zero-order valence-electron chi connectivity index (χ0n) is 14.8. The van der Waals surface area contributed by atoms with Crippen LogP contribution in [0.3, 0.4) is 0 Å². The second-order valence-electron chi connectivity index (χ2n) is 5.45. The molecule has 26 heavy (non-hydrogen) atoms. The minimum absolute atomic E-state index is 0.105. The molecule has 0 amide bonds. The van der Waals surface area contributed by atoms with E-state index < -0.39 is 0 Å². The average molecular weight is 467 g/mol. The van der Waals surface area contributed by atoms with Crippen LogP contribution in [0.25, 0.3) is 10.9 Å². The normalized spacial score (nSPS) is 10.7. The molecular weight excluding hydrogens is 449 g/mol. The van der Waals surface area contributed by atoms with Crippen molar-refractivity contribution in [2.24, 2.45) is 0 Å². The van der Waals surface area contributed by atoms with Gasteiger partial charge in [-0.3, -0.25) is 4.79 Å². The Morgan fingerprint density at radius 2 is 1.62 bits per heavy atom. The highest BCUT2D eigenvalue weighted by Crippen LogP contribution is 2.44. The number of hydrogen-bond donors (Lipinski definition) is 1. The number of halogens is 1. The van der Waals surface area contributed by atoms with Crippen molar-refractivity contribution < 1.29 is 23.7 Å². The quantitative estimate of drug-likeness (QED) is 0.438. The number of methoxy groups -OCH3 is 4. The van der Waals surface area contributed by atoms with E-state index in [0.717, 1.165) is 9.32 Å².